The van der Waals surface area contributed by atoms with Gasteiger partial charge in [0.15, 0.2) is 0 Å². The molecule has 1 aliphatic heterocycles. The molecule has 5 nitrogen and oxygen atoms in total. The number of hydrogen-bond acceptors (Lipinski definition) is 3. The average Bonchev–Trinajstić information content (AvgIpc) is 3.39. The number of rotatable bonds is 6. The number of halogens is 3. The number of fused-ring (bicyclic) bond motifs is 1. The number of alkyl halides is 3. The van der Waals surface area contributed by atoms with Gasteiger partial charge in [0.05, 0.1) is 11.1 Å². The minimum absolute atomic E-state index is 0.101. The highest BCUT2D eigenvalue weighted by atomic mass is 19.4. The third-order valence-electron chi connectivity index (χ3n) is 6.99. The van der Waals surface area contributed by atoms with Crippen molar-refractivity contribution in [3.8, 4) is 33.8 Å². The second kappa shape index (κ2) is 10.9. The van der Waals surface area contributed by atoms with Crippen molar-refractivity contribution in [2.45, 2.75) is 12.7 Å². The number of carbonyl (C=O) groups excluding carboxylic acids is 2. The Hall–Kier alpha value is -5.37. The zero-order valence-electron chi connectivity index (χ0n) is 22.0. The van der Waals surface area contributed by atoms with Crippen LogP contribution in [0.25, 0.3) is 22.3 Å². The van der Waals surface area contributed by atoms with Crippen molar-refractivity contribution in [1.29, 1.82) is 0 Å². The van der Waals surface area contributed by atoms with Crippen molar-refractivity contribution < 1.29 is 27.5 Å². The first-order valence-corrected chi connectivity index (χ1v) is 13.1. The molecule has 0 aromatic heterocycles. The van der Waals surface area contributed by atoms with Gasteiger partial charge in [0, 0.05) is 17.8 Å². The molecule has 0 unspecified atom stereocenters. The molecule has 0 saturated carbocycles. The van der Waals surface area contributed by atoms with E-state index in [1.54, 1.807) is 18.2 Å². The fourth-order valence-corrected chi connectivity index (χ4v) is 4.99. The summed E-state index contributed by atoms with van der Waals surface area (Å²) in [7, 11) is 0. The monoisotopic (exact) mass is 564 g/mol. The van der Waals surface area contributed by atoms with Gasteiger partial charge in [-0.3, -0.25) is 9.59 Å². The van der Waals surface area contributed by atoms with E-state index < -0.39 is 17.6 Å². The summed E-state index contributed by atoms with van der Waals surface area (Å²) in [4.78, 5) is 25.7. The molecule has 0 spiro atoms. The fourth-order valence-electron chi connectivity index (χ4n) is 4.99. The molecule has 0 fully saturated rings. The lowest BCUT2D eigenvalue weighted by Crippen LogP contribution is -2.14. The average molecular weight is 565 g/mol. The molecule has 0 radical (unpaired) electrons. The first-order valence-electron chi connectivity index (χ1n) is 13.1. The van der Waals surface area contributed by atoms with E-state index in [4.69, 9.17) is 4.74 Å². The summed E-state index contributed by atoms with van der Waals surface area (Å²) in [6, 6.07) is 32.0. The Kier molecular flexibility index (Phi) is 6.96. The fraction of sp³-hybridized carbons (Fsp3) is 0.0588. The number of nitrogens with one attached hydrogen (secondary N) is 2. The molecule has 0 bridgehead atoms. The molecule has 1 heterocycles. The summed E-state index contributed by atoms with van der Waals surface area (Å²) in [6.07, 6.45) is -4.55. The predicted octanol–water partition coefficient (Wildman–Crippen LogP) is 8.33. The van der Waals surface area contributed by atoms with Gasteiger partial charge in [0.1, 0.15) is 11.5 Å². The molecule has 5 aromatic carbocycles. The Labute approximate surface area is 239 Å². The second-order valence-corrected chi connectivity index (χ2v) is 9.75. The van der Waals surface area contributed by atoms with Gasteiger partial charge in [0.25, 0.3) is 11.8 Å². The minimum Gasteiger partial charge on any atom is -0.457 e. The van der Waals surface area contributed by atoms with Crippen LogP contribution < -0.4 is 15.4 Å². The van der Waals surface area contributed by atoms with Crippen LogP contribution in [0.3, 0.4) is 0 Å². The van der Waals surface area contributed by atoms with Crippen LogP contribution in [-0.4, -0.2) is 11.8 Å². The number of carbonyl (C=O) groups is 2. The highest BCUT2D eigenvalue weighted by Gasteiger charge is 2.31. The number of ether oxygens (including phenoxy) is 1. The lowest BCUT2D eigenvalue weighted by Gasteiger charge is -2.14. The Morgan fingerprint density at radius 3 is 2.21 bits per heavy atom. The van der Waals surface area contributed by atoms with Crippen LogP contribution in [0.4, 0.5) is 18.9 Å². The number of para-hydroxylation sites is 1. The maximum Gasteiger partial charge on any atom is 0.416 e. The third-order valence-corrected chi connectivity index (χ3v) is 6.99. The van der Waals surface area contributed by atoms with Crippen LogP contribution >= 0.6 is 0 Å². The van der Waals surface area contributed by atoms with E-state index in [9.17, 15) is 22.8 Å². The number of anilines is 1. The van der Waals surface area contributed by atoms with Crippen molar-refractivity contribution in [3.05, 3.63) is 138 Å². The largest absolute Gasteiger partial charge is 0.457 e. The normalized spacial score (nSPS) is 12.4. The predicted molar refractivity (Wildman–Crippen MR) is 154 cm³/mol. The molecule has 2 amide bonds. The Morgan fingerprint density at radius 1 is 0.738 bits per heavy atom. The van der Waals surface area contributed by atoms with Gasteiger partial charge < -0.3 is 15.4 Å². The van der Waals surface area contributed by atoms with E-state index >= 15 is 0 Å². The summed E-state index contributed by atoms with van der Waals surface area (Å²) < 4.78 is 45.2. The maximum atomic E-state index is 13.1. The van der Waals surface area contributed by atoms with Gasteiger partial charge in [-0.2, -0.15) is 13.2 Å². The van der Waals surface area contributed by atoms with Gasteiger partial charge in [-0.05, 0) is 82.4 Å². The molecular formula is C34H23F3N2O3. The van der Waals surface area contributed by atoms with Crippen molar-refractivity contribution in [2.24, 2.45) is 0 Å². The molecule has 2 N–H and O–H groups in total. The zero-order valence-corrected chi connectivity index (χ0v) is 22.0. The SMILES string of the molecule is O=C(Nc1cccc(-c2ccc(-c3ccc(Oc4ccccc4)cc3)c3c2CNC3=O)c1)c1cccc(C(F)(F)F)c1. The van der Waals surface area contributed by atoms with Crippen LogP contribution in [0.1, 0.15) is 31.8 Å². The number of benzene rings is 5. The number of amides is 2. The van der Waals surface area contributed by atoms with Crippen molar-refractivity contribution in [2.75, 3.05) is 5.32 Å². The molecule has 8 heteroatoms. The first-order chi connectivity index (χ1) is 20.3. The van der Waals surface area contributed by atoms with Crippen LogP contribution in [-0.2, 0) is 12.7 Å². The molecule has 5 aromatic rings. The van der Waals surface area contributed by atoms with Crippen molar-refractivity contribution in [3.63, 3.8) is 0 Å². The molecular weight excluding hydrogens is 541 g/mol. The van der Waals surface area contributed by atoms with Crippen LogP contribution in [0.5, 0.6) is 11.5 Å². The topological polar surface area (TPSA) is 67.4 Å². The Balaban J connectivity index is 1.27. The maximum absolute atomic E-state index is 13.1. The molecule has 0 aliphatic carbocycles. The van der Waals surface area contributed by atoms with Gasteiger partial charge in [0.2, 0.25) is 0 Å². The van der Waals surface area contributed by atoms with E-state index in [0.29, 0.717) is 23.5 Å². The second-order valence-electron chi connectivity index (χ2n) is 9.75. The quantitative estimate of drug-likeness (QED) is 0.218. The highest BCUT2D eigenvalue weighted by molar-refractivity contribution is 6.07. The van der Waals surface area contributed by atoms with Gasteiger partial charge in [-0.25, -0.2) is 0 Å². The summed E-state index contributed by atoms with van der Waals surface area (Å²) in [5.41, 5.74) is 4.02. The Bertz CT molecular complexity index is 1800. The van der Waals surface area contributed by atoms with E-state index in [2.05, 4.69) is 10.6 Å². The first kappa shape index (κ1) is 26.8. The number of hydrogen-bond donors (Lipinski definition) is 2. The van der Waals surface area contributed by atoms with E-state index in [0.717, 1.165) is 45.7 Å². The van der Waals surface area contributed by atoms with Crippen LogP contribution in [0.15, 0.2) is 115 Å². The summed E-state index contributed by atoms with van der Waals surface area (Å²) in [5, 5.41) is 5.59. The Morgan fingerprint density at radius 2 is 1.45 bits per heavy atom. The van der Waals surface area contributed by atoms with E-state index in [1.165, 1.54) is 12.1 Å². The molecule has 0 saturated heterocycles. The highest BCUT2D eigenvalue weighted by Crippen LogP contribution is 2.38. The van der Waals surface area contributed by atoms with E-state index in [-0.39, 0.29) is 11.5 Å². The van der Waals surface area contributed by atoms with Gasteiger partial charge in [-0.1, -0.05) is 60.7 Å². The summed E-state index contributed by atoms with van der Waals surface area (Å²) >= 11 is 0. The van der Waals surface area contributed by atoms with Crippen LogP contribution in [0.2, 0.25) is 0 Å². The third kappa shape index (κ3) is 5.47. The molecule has 1 aliphatic rings. The van der Waals surface area contributed by atoms with Gasteiger partial charge in [-0.15, -0.1) is 0 Å². The molecule has 6 rings (SSSR count). The van der Waals surface area contributed by atoms with Crippen molar-refractivity contribution in [1.82, 2.24) is 5.32 Å². The van der Waals surface area contributed by atoms with E-state index in [1.807, 2.05) is 72.8 Å². The van der Waals surface area contributed by atoms with Crippen LogP contribution in [0, 0.1) is 0 Å². The van der Waals surface area contributed by atoms with Crippen molar-refractivity contribution >= 4 is 17.5 Å². The van der Waals surface area contributed by atoms with Gasteiger partial charge >= 0.3 is 6.18 Å². The smallest absolute Gasteiger partial charge is 0.416 e. The zero-order chi connectivity index (χ0) is 29.3. The standard InChI is InChI=1S/C34H23F3N2O3/c35-34(36,37)24-8-4-7-23(18-24)32(40)39-25-9-5-6-22(19-25)28-16-17-29(31-30(28)20-38-33(31)41)21-12-14-27(15-13-21)42-26-10-2-1-3-11-26/h1-19H,20H2,(H,38,41)(H,39,40). The molecule has 0 atom stereocenters. The molecule has 208 valence electrons. The minimum atomic E-state index is -4.55. The lowest BCUT2D eigenvalue weighted by atomic mass is 9.90. The summed E-state index contributed by atoms with van der Waals surface area (Å²) in [5.74, 6) is 0.561. The molecule has 42 heavy (non-hydrogen) atoms. The summed E-state index contributed by atoms with van der Waals surface area (Å²) in [6.45, 7) is 0.341. The lowest BCUT2D eigenvalue weighted by molar-refractivity contribution is -0.137.